The van der Waals surface area contributed by atoms with E-state index in [0.29, 0.717) is 31.0 Å². The number of rotatable bonds is 4. The van der Waals surface area contributed by atoms with Gasteiger partial charge in [0.05, 0.1) is 25.6 Å². The number of hydrogen-bond donors (Lipinski definition) is 1. The molecule has 1 atom stereocenters. The molecule has 1 amide bonds. The molecule has 2 rings (SSSR count). The number of likely N-dealkylation sites (tertiary alicyclic amines) is 1. The van der Waals surface area contributed by atoms with Crippen LogP contribution in [0.4, 0.5) is 0 Å². The van der Waals surface area contributed by atoms with E-state index in [9.17, 15) is 9.59 Å². The SMILES string of the molecule is COc1ccc(CC(=O)N2CCCC(C(=O)O)C2)nc1. The summed E-state index contributed by atoms with van der Waals surface area (Å²) in [5.41, 5.74) is 0.660. The number of ether oxygens (including phenoxy) is 1. The van der Waals surface area contributed by atoms with E-state index in [0.717, 1.165) is 6.42 Å². The first-order chi connectivity index (χ1) is 9.60. The zero-order valence-electron chi connectivity index (χ0n) is 11.4. The molecule has 6 heteroatoms. The summed E-state index contributed by atoms with van der Waals surface area (Å²) in [5.74, 6) is -0.708. The second-order valence-electron chi connectivity index (χ2n) is 4.88. The molecule has 1 N–H and O–H groups in total. The number of methoxy groups -OCH3 is 1. The molecule has 0 radical (unpaired) electrons. The van der Waals surface area contributed by atoms with Crippen molar-refractivity contribution < 1.29 is 19.4 Å². The Kier molecular flexibility index (Phi) is 4.55. The first-order valence-corrected chi connectivity index (χ1v) is 6.59. The van der Waals surface area contributed by atoms with E-state index in [1.165, 1.54) is 0 Å². The van der Waals surface area contributed by atoms with Gasteiger partial charge in [0, 0.05) is 18.8 Å². The van der Waals surface area contributed by atoms with E-state index < -0.39 is 11.9 Å². The van der Waals surface area contributed by atoms with Crippen LogP contribution in [0.1, 0.15) is 18.5 Å². The molecule has 0 saturated carbocycles. The molecule has 108 valence electrons. The molecule has 0 spiro atoms. The van der Waals surface area contributed by atoms with Crippen LogP contribution in [0.15, 0.2) is 18.3 Å². The number of nitrogens with zero attached hydrogens (tertiary/aromatic N) is 2. The second-order valence-corrected chi connectivity index (χ2v) is 4.88. The molecule has 1 saturated heterocycles. The Balaban J connectivity index is 1.95. The highest BCUT2D eigenvalue weighted by molar-refractivity contribution is 5.79. The van der Waals surface area contributed by atoms with Crippen LogP contribution in [0.5, 0.6) is 5.75 Å². The van der Waals surface area contributed by atoms with Gasteiger partial charge in [0.15, 0.2) is 0 Å². The number of carbonyl (C=O) groups excluding carboxylic acids is 1. The fourth-order valence-electron chi connectivity index (χ4n) is 2.31. The number of amides is 1. The number of pyridine rings is 1. The van der Waals surface area contributed by atoms with Crippen molar-refractivity contribution in [3.05, 3.63) is 24.0 Å². The Morgan fingerprint density at radius 2 is 2.30 bits per heavy atom. The quantitative estimate of drug-likeness (QED) is 0.887. The van der Waals surface area contributed by atoms with E-state index in [1.54, 1.807) is 30.3 Å². The van der Waals surface area contributed by atoms with Crippen LogP contribution in [0.3, 0.4) is 0 Å². The average Bonchev–Trinajstić information content (AvgIpc) is 2.48. The summed E-state index contributed by atoms with van der Waals surface area (Å²) >= 11 is 0. The first-order valence-electron chi connectivity index (χ1n) is 6.59. The first kappa shape index (κ1) is 14.3. The highest BCUT2D eigenvalue weighted by Crippen LogP contribution is 2.17. The summed E-state index contributed by atoms with van der Waals surface area (Å²) in [6, 6.07) is 3.50. The van der Waals surface area contributed by atoms with Crippen molar-refractivity contribution in [1.29, 1.82) is 0 Å². The highest BCUT2D eigenvalue weighted by Gasteiger charge is 2.28. The third kappa shape index (κ3) is 3.46. The molecular weight excluding hydrogens is 260 g/mol. The smallest absolute Gasteiger partial charge is 0.308 e. The van der Waals surface area contributed by atoms with Gasteiger partial charge >= 0.3 is 5.97 Å². The minimum absolute atomic E-state index is 0.0754. The minimum Gasteiger partial charge on any atom is -0.495 e. The number of carboxylic acid groups (broad SMARTS) is 1. The Morgan fingerprint density at radius 1 is 1.50 bits per heavy atom. The lowest BCUT2D eigenvalue weighted by molar-refractivity contribution is -0.145. The molecule has 1 aromatic heterocycles. The van der Waals surface area contributed by atoms with Gasteiger partial charge in [-0.2, -0.15) is 0 Å². The van der Waals surface area contributed by atoms with Crippen molar-refractivity contribution in [2.75, 3.05) is 20.2 Å². The van der Waals surface area contributed by atoms with Crippen molar-refractivity contribution in [2.24, 2.45) is 5.92 Å². The van der Waals surface area contributed by atoms with Crippen LogP contribution >= 0.6 is 0 Å². The molecule has 1 aromatic rings. The molecule has 2 heterocycles. The molecule has 0 aromatic carbocycles. The van der Waals surface area contributed by atoms with Crippen molar-refractivity contribution in [3.63, 3.8) is 0 Å². The average molecular weight is 278 g/mol. The number of aliphatic carboxylic acids is 1. The monoisotopic (exact) mass is 278 g/mol. The maximum absolute atomic E-state index is 12.2. The highest BCUT2D eigenvalue weighted by atomic mass is 16.5. The predicted molar refractivity (Wildman–Crippen MR) is 71.4 cm³/mol. The number of piperidine rings is 1. The van der Waals surface area contributed by atoms with Gasteiger partial charge < -0.3 is 14.7 Å². The van der Waals surface area contributed by atoms with Gasteiger partial charge in [0.2, 0.25) is 5.91 Å². The van der Waals surface area contributed by atoms with Crippen LogP contribution in [-0.2, 0) is 16.0 Å². The molecule has 0 aliphatic carbocycles. The summed E-state index contributed by atoms with van der Waals surface area (Å²) in [7, 11) is 1.56. The molecule has 0 bridgehead atoms. The van der Waals surface area contributed by atoms with E-state index in [1.807, 2.05) is 0 Å². The zero-order chi connectivity index (χ0) is 14.5. The van der Waals surface area contributed by atoms with Crippen LogP contribution in [-0.4, -0.2) is 47.1 Å². The number of carboxylic acids is 1. The van der Waals surface area contributed by atoms with Gasteiger partial charge in [-0.3, -0.25) is 14.6 Å². The van der Waals surface area contributed by atoms with Crippen molar-refractivity contribution in [3.8, 4) is 5.75 Å². The van der Waals surface area contributed by atoms with E-state index in [2.05, 4.69) is 4.98 Å². The van der Waals surface area contributed by atoms with Gasteiger partial charge in [-0.1, -0.05) is 0 Å². The zero-order valence-corrected chi connectivity index (χ0v) is 11.4. The molecule has 1 fully saturated rings. The van der Waals surface area contributed by atoms with E-state index in [4.69, 9.17) is 9.84 Å². The topological polar surface area (TPSA) is 79.7 Å². The molecule has 1 unspecified atom stereocenters. The largest absolute Gasteiger partial charge is 0.495 e. The summed E-state index contributed by atoms with van der Waals surface area (Å²) in [4.78, 5) is 28.9. The van der Waals surface area contributed by atoms with Crippen molar-refractivity contribution >= 4 is 11.9 Å². The number of carbonyl (C=O) groups is 2. The van der Waals surface area contributed by atoms with Crippen LogP contribution < -0.4 is 4.74 Å². The Bertz CT molecular complexity index is 486. The standard InChI is InChI=1S/C14H18N2O4/c1-20-12-5-4-11(15-8-12)7-13(17)16-6-2-3-10(9-16)14(18)19/h4-5,8,10H,2-3,6-7,9H2,1H3,(H,18,19). The number of hydrogen-bond acceptors (Lipinski definition) is 4. The predicted octanol–water partition coefficient (Wildman–Crippen LogP) is 0.956. The normalized spacial score (nSPS) is 18.6. The van der Waals surface area contributed by atoms with Crippen LogP contribution in [0.2, 0.25) is 0 Å². The molecule has 1 aliphatic heterocycles. The Labute approximate surface area is 117 Å². The minimum atomic E-state index is -0.829. The van der Waals surface area contributed by atoms with Gasteiger partial charge in [-0.05, 0) is 25.0 Å². The number of aromatic nitrogens is 1. The van der Waals surface area contributed by atoms with Gasteiger partial charge in [-0.25, -0.2) is 0 Å². The summed E-state index contributed by atoms with van der Waals surface area (Å²) in [5, 5.41) is 9.02. The summed E-state index contributed by atoms with van der Waals surface area (Å²) in [6.07, 6.45) is 3.13. The van der Waals surface area contributed by atoms with Crippen LogP contribution in [0, 0.1) is 5.92 Å². The molecular formula is C14H18N2O4. The lowest BCUT2D eigenvalue weighted by Crippen LogP contribution is -2.43. The van der Waals surface area contributed by atoms with Gasteiger partial charge in [-0.15, -0.1) is 0 Å². The Hall–Kier alpha value is -2.11. The van der Waals surface area contributed by atoms with E-state index in [-0.39, 0.29) is 12.3 Å². The van der Waals surface area contributed by atoms with E-state index >= 15 is 0 Å². The summed E-state index contributed by atoms with van der Waals surface area (Å²) < 4.78 is 5.01. The lowest BCUT2D eigenvalue weighted by atomic mass is 9.98. The third-order valence-corrected chi connectivity index (χ3v) is 3.49. The van der Waals surface area contributed by atoms with Crippen molar-refractivity contribution in [2.45, 2.75) is 19.3 Å². The fraction of sp³-hybridized carbons (Fsp3) is 0.500. The third-order valence-electron chi connectivity index (χ3n) is 3.49. The fourth-order valence-corrected chi connectivity index (χ4v) is 2.31. The maximum atomic E-state index is 12.2. The van der Waals surface area contributed by atoms with Crippen LogP contribution in [0.25, 0.3) is 0 Å². The molecule has 6 nitrogen and oxygen atoms in total. The lowest BCUT2D eigenvalue weighted by Gasteiger charge is -2.30. The van der Waals surface area contributed by atoms with Gasteiger partial charge in [0.25, 0.3) is 0 Å². The summed E-state index contributed by atoms with van der Waals surface area (Å²) in [6.45, 7) is 0.920. The second kappa shape index (κ2) is 6.36. The molecule has 1 aliphatic rings. The maximum Gasteiger partial charge on any atom is 0.308 e. The van der Waals surface area contributed by atoms with Gasteiger partial charge in [0.1, 0.15) is 5.75 Å². The van der Waals surface area contributed by atoms with Crippen molar-refractivity contribution in [1.82, 2.24) is 9.88 Å². The Morgan fingerprint density at radius 3 is 2.90 bits per heavy atom. The molecule has 20 heavy (non-hydrogen) atoms.